The summed E-state index contributed by atoms with van der Waals surface area (Å²) in [5.74, 6) is 0.0167. The summed E-state index contributed by atoms with van der Waals surface area (Å²) in [7, 11) is 0. The number of benzene rings is 1. The van der Waals surface area contributed by atoms with E-state index in [1.165, 1.54) is 0 Å². The third-order valence-corrected chi connectivity index (χ3v) is 2.93. The Labute approximate surface area is 99.3 Å². The zero-order valence-corrected chi connectivity index (χ0v) is 10.2. The molecular weight excluding hydrogens is 222 g/mol. The fourth-order valence-corrected chi connectivity index (χ4v) is 2.09. The van der Waals surface area contributed by atoms with E-state index in [4.69, 9.17) is 11.6 Å². The second-order valence-electron chi connectivity index (χ2n) is 3.96. The van der Waals surface area contributed by atoms with Gasteiger partial charge in [0.2, 0.25) is 0 Å². The second kappa shape index (κ2) is 3.87. The van der Waals surface area contributed by atoms with Crippen molar-refractivity contribution in [3.8, 4) is 0 Å². The van der Waals surface area contributed by atoms with Gasteiger partial charge in [0.05, 0.1) is 10.5 Å². The van der Waals surface area contributed by atoms with Crippen LogP contribution in [0.25, 0.3) is 10.9 Å². The maximum atomic E-state index is 11.6. The number of fused-ring (bicyclic) bond motifs is 1. The van der Waals surface area contributed by atoms with E-state index in [0.717, 1.165) is 22.2 Å². The van der Waals surface area contributed by atoms with Crippen molar-refractivity contribution in [2.45, 2.75) is 20.8 Å². The lowest BCUT2D eigenvalue weighted by atomic mass is 10.0. The molecule has 0 amide bonds. The normalized spacial score (nSPS) is 10.8. The average molecular weight is 234 g/mol. The third kappa shape index (κ3) is 1.69. The number of hydrogen-bond donors (Lipinski definition) is 0. The third-order valence-electron chi connectivity index (χ3n) is 2.62. The predicted molar refractivity (Wildman–Crippen MR) is 66.2 cm³/mol. The van der Waals surface area contributed by atoms with Gasteiger partial charge in [-0.25, -0.2) is 0 Å². The molecule has 1 heterocycles. The minimum Gasteiger partial charge on any atom is -0.294 e. The molecule has 3 heteroatoms. The van der Waals surface area contributed by atoms with Crippen LogP contribution in [0.2, 0.25) is 5.02 Å². The zero-order valence-electron chi connectivity index (χ0n) is 9.47. The number of pyridine rings is 1. The minimum atomic E-state index is 0.0167. The van der Waals surface area contributed by atoms with E-state index in [-0.39, 0.29) is 5.78 Å². The Kier molecular flexibility index (Phi) is 2.68. The fourth-order valence-electron chi connectivity index (χ4n) is 1.84. The number of aromatic nitrogens is 1. The van der Waals surface area contributed by atoms with Gasteiger partial charge in [-0.05, 0) is 38.5 Å². The number of rotatable bonds is 1. The highest BCUT2D eigenvalue weighted by Gasteiger charge is 2.12. The van der Waals surface area contributed by atoms with Gasteiger partial charge in [0.25, 0.3) is 0 Å². The lowest BCUT2D eigenvalue weighted by Gasteiger charge is -2.08. The van der Waals surface area contributed by atoms with Crippen molar-refractivity contribution in [3.05, 3.63) is 40.0 Å². The van der Waals surface area contributed by atoms with Gasteiger partial charge in [-0.1, -0.05) is 17.7 Å². The quantitative estimate of drug-likeness (QED) is 0.703. The molecule has 1 aromatic carbocycles. The van der Waals surface area contributed by atoms with E-state index in [2.05, 4.69) is 4.98 Å². The number of ketones is 1. The summed E-state index contributed by atoms with van der Waals surface area (Å²) in [5.41, 5.74) is 3.34. The van der Waals surface area contributed by atoms with Gasteiger partial charge < -0.3 is 0 Å². The lowest BCUT2D eigenvalue weighted by Crippen LogP contribution is -1.99. The maximum absolute atomic E-state index is 11.6. The second-order valence-corrected chi connectivity index (χ2v) is 4.36. The molecule has 0 atom stereocenters. The van der Waals surface area contributed by atoms with Crippen LogP contribution in [0.5, 0.6) is 0 Å². The van der Waals surface area contributed by atoms with Crippen molar-refractivity contribution >= 4 is 28.3 Å². The summed E-state index contributed by atoms with van der Waals surface area (Å²) in [6, 6.07) is 5.51. The number of aryl methyl sites for hydroxylation is 2. The highest BCUT2D eigenvalue weighted by molar-refractivity contribution is 6.36. The molecule has 2 rings (SSSR count). The summed E-state index contributed by atoms with van der Waals surface area (Å²) in [6.07, 6.45) is 0. The van der Waals surface area contributed by atoms with Gasteiger partial charge in [-0.3, -0.25) is 9.78 Å². The van der Waals surface area contributed by atoms with Crippen LogP contribution >= 0.6 is 11.6 Å². The zero-order chi connectivity index (χ0) is 11.9. The minimum absolute atomic E-state index is 0.0167. The molecule has 0 bridgehead atoms. The summed E-state index contributed by atoms with van der Waals surface area (Å²) < 4.78 is 0. The van der Waals surface area contributed by atoms with Gasteiger partial charge in [-0.15, -0.1) is 0 Å². The Balaban J connectivity index is 3.00. The van der Waals surface area contributed by atoms with E-state index in [1.54, 1.807) is 13.0 Å². The van der Waals surface area contributed by atoms with E-state index < -0.39 is 0 Å². The molecule has 0 aliphatic rings. The smallest absolute Gasteiger partial charge is 0.160 e. The Morgan fingerprint density at radius 2 is 2.00 bits per heavy atom. The predicted octanol–water partition coefficient (Wildman–Crippen LogP) is 3.71. The first kappa shape index (κ1) is 11.1. The van der Waals surface area contributed by atoms with Crippen LogP contribution in [0.15, 0.2) is 18.2 Å². The summed E-state index contributed by atoms with van der Waals surface area (Å²) in [5, 5.41) is 1.35. The van der Waals surface area contributed by atoms with Crippen molar-refractivity contribution in [1.82, 2.24) is 4.98 Å². The standard InChI is InChI=1S/C13H12ClNO/c1-7-4-5-11(14)12-10(9(3)16)6-8(2)15-13(7)12/h4-6H,1-3H3. The van der Waals surface area contributed by atoms with E-state index >= 15 is 0 Å². The summed E-state index contributed by atoms with van der Waals surface area (Å²) in [6.45, 7) is 5.40. The molecule has 16 heavy (non-hydrogen) atoms. The van der Waals surface area contributed by atoms with Crippen LogP contribution in [-0.2, 0) is 0 Å². The number of carbonyl (C=O) groups is 1. The molecule has 0 N–H and O–H groups in total. The first-order chi connectivity index (χ1) is 7.50. The molecule has 82 valence electrons. The average Bonchev–Trinajstić information content (AvgIpc) is 2.22. The van der Waals surface area contributed by atoms with Crippen LogP contribution in [-0.4, -0.2) is 10.8 Å². The van der Waals surface area contributed by atoms with E-state index in [0.29, 0.717) is 10.6 Å². The topological polar surface area (TPSA) is 30.0 Å². The van der Waals surface area contributed by atoms with Crippen LogP contribution in [0, 0.1) is 13.8 Å². The Bertz CT molecular complexity index is 590. The first-order valence-electron chi connectivity index (χ1n) is 5.08. The SMILES string of the molecule is CC(=O)c1cc(C)nc2c(C)ccc(Cl)c12. The Morgan fingerprint density at radius 3 is 2.62 bits per heavy atom. The largest absolute Gasteiger partial charge is 0.294 e. The Hall–Kier alpha value is -1.41. The monoisotopic (exact) mass is 233 g/mol. The molecule has 2 aromatic rings. The van der Waals surface area contributed by atoms with Crippen molar-refractivity contribution in [2.75, 3.05) is 0 Å². The van der Waals surface area contributed by atoms with Gasteiger partial charge in [0, 0.05) is 16.6 Å². The lowest BCUT2D eigenvalue weighted by molar-refractivity contribution is 0.101. The van der Waals surface area contributed by atoms with Crippen LogP contribution in [0.4, 0.5) is 0 Å². The molecule has 0 spiro atoms. The molecule has 0 saturated heterocycles. The maximum Gasteiger partial charge on any atom is 0.160 e. The van der Waals surface area contributed by atoms with Gasteiger partial charge in [-0.2, -0.15) is 0 Å². The van der Waals surface area contributed by atoms with E-state index in [1.807, 2.05) is 26.0 Å². The fraction of sp³-hybridized carbons (Fsp3) is 0.231. The summed E-state index contributed by atoms with van der Waals surface area (Å²) in [4.78, 5) is 16.0. The van der Waals surface area contributed by atoms with Crippen LogP contribution < -0.4 is 0 Å². The van der Waals surface area contributed by atoms with Crippen molar-refractivity contribution in [1.29, 1.82) is 0 Å². The van der Waals surface area contributed by atoms with Crippen molar-refractivity contribution < 1.29 is 4.79 Å². The van der Waals surface area contributed by atoms with Crippen LogP contribution in [0.3, 0.4) is 0 Å². The molecule has 0 aliphatic carbocycles. The molecule has 1 aromatic heterocycles. The molecule has 0 saturated carbocycles. The highest BCUT2D eigenvalue weighted by atomic mass is 35.5. The molecular formula is C13H12ClNO. The molecule has 0 radical (unpaired) electrons. The van der Waals surface area contributed by atoms with E-state index in [9.17, 15) is 4.79 Å². The van der Waals surface area contributed by atoms with Crippen LogP contribution in [0.1, 0.15) is 28.5 Å². The van der Waals surface area contributed by atoms with Crippen molar-refractivity contribution in [3.63, 3.8) is 0 Å². The molecule has 0 unspecified atom stereocenters. The molecule has 0 aliphatic heterocycles. The number of halogens is 1. The number of Topliss-reactive ketones (excluding diaryl/α,β-unsaturated/α-hetero) is 1. The Morgan fingerprint density at radius 1 is 1.31 bits per heavy atom. The number of nitrogens with zero attached hydrogens (tertiary/aromatic N) is 1. The van der Waals surface area contributed by atoms with Crippen molar-refractivity contribution in [2.24, 2.45) is 0 Å². The number of hydrogen-bond acceptors (Lipinski definition) is 2. The van der Waals surface area contributed by atoms with Gasteiger partial charge in [0.1, 0.15) is 0 Å². The molecule has 2 nitrogen and oxygen atoms in total. The first-order valence-corrected chi connectivity index (χ1v) is 5.46. The summed E-state index contributed by atoms with van der Waals surface area (Å²) >= 11 is 6.14. The molecule has 0 fully saturated rings. The highest BCUT2D eigenvalue weighted by Crippen LogP contribution is 2.29. The number of carbonyl (C=O) groups excluding carboxylic acids is 1. The van der Waals surface area contributed by atoms with Gasteiger partial charge in [0.15, 0.2) is 5.78 Å². The van der Waals surface area contributed by atoms with Gasteiger partial charge >= 0.3 is 0 Å².